The first kappa shape index (κ1) is 12.6. The van der Waals surface area contributed by atoms with Crippen LogP contribution in [0, 0.1) is 5.82 Å². The molecule has 0 saturated heterocycles. The molecule has 2 atom stereocenters. The van der Waals surface area contributed by atoms with Crippen molar-refractivity contribution in [3.05, 3.63) is 35.6 Å². The molecule has 0 spiro atoms. The number of hydrogen-bond acceptors (Lipinski definition) is 4. The molecule has 5 heteroatoms. The molecule has 0 heterocycles. The summed E-state index contributed by atoms with van der Waals surface area (Å²) >= 11 is 0. The van der Waals surface area contributed by atoms with Gasteiger partial charge in [-0.25, -0.2) is 9.18 Å². The van der Waals surface area contributed by atoms with E-state index in [9.17, 15) is 19.4 Å². The van der Waals surface area contributed by atoms with Crippen LogP contribution < -0.4 is 0 Å². The van der Waals surface area contributed by atoms with Crippen LogP contribution in [-0.4, -0.2) is 28.9 Å². The normalized spacial score (nSPS) is 14.2. The third kappa shape index (κ3) is 3.01. The highest BCUT2D eigenvalue weighted by Gasteiger charge is 2.26. The molecule has 0 aliphatic rings. The Labute approximate surface area is 92.3 Å². The second-order valence-corrected chi connectivity index (χ2v) is 3.19. The van der Waals surface area contributed by atoms with Gasteiger partial charge in [0.1, 0.15) is 11.9 Å². The maximum atomic E-state index is 12.6. The number of benzene rings is 1. The maximum Gasteiger partial charge on any atom is 0.338 e. The van der Waals surface area contributed by atoms with Crippen LogP contribution in [0.4, 0.5) is 4.39 Å². The summed E-state index contributed by atoms with van der Waals surface area (Å²) in [4.78, 5) is 11.1. The van der Waals surface area contributed by atoms with Gasteiger partial charge in [0.05, 0.1) is 6.61 Å². The van der Waals surface area contributed by atoms with Crippen LogP contribution in [-0.2, 0) is 9.53 Å². The molecule has 0 aliphatic heterocycles. The minimum atomic E-state index is -1.66. The van der Waals surface area contributed by atoms with Gasteiger partial charge in [-0.1, -0.05) is 12.1 Å². The number of hydrogen-bond donors (Lipinski definition) is 2. The zero-order valence-electron chi connectivity index (χ0n) is 8.76. The summed E-state index contributed by atoms with van der Waals surface area (Å²) in [5.41, 5.74) is 0.252. The predicted molar refractivity (Wildman–Crippen MR) is 54.0 cm³/mol. The van der Waals surface area contributed by atoms with Crippen molar-refractivity contribution in [1.82, 2.24) is 0 Å². The van der Waals surface area contributed by atoms with E-state index < -0.39 is 24.0 Å². The van der Waals surface area contributed by atoms with Gasteiger partial charge in [0.2, 0.25) is 0 Å². The van der Waals surface area contributed by atoms with Crippen molar-refractivity contribution in [1.29, 1.82) is 0 Å². The molecule has 0 fully saturated rings. The lowest BCUT2D eigenvalue weighted by molar-refractivity contribution is -0.159. The number of halogens is 1. The number of aliphatic hydroxyl groups excluding tert-OH is 2. The van der Waals surface area contributed by atoms with Crippen LogP contribution >= 0.6 is 0 Å². The molecule has 1 aromatic rings. The standard InChI is InChI=1S/C11H13FO4/c1-2-16-11(15)10(14)9(13)7-3-5-8(12)6-4-7/h3-6,9-10,13-14H,2H2,1H3. The van der Waals surface area contributed by atoms with E-state index in [2.05, 4.69) is 4.74 Å². The van der Waals surface area contributed by atoms with E-state index >= 15 is 0 Å². The topological polar surface area (TPSA) is 66.8 Å². The fourth-order valence-corrected chi connectivity index (χ4v) is 1.20. The molecule has 1 aromatic carbocycles. The number of carbonyl (C=O) groups is 1. The minimum absolute atomic E-state index is 0.117. The minimum Gasteiger partial charge on any atom is -0.464 e. The molecule has 0 aliphatic carbocycles. The Morgan fingerprint density at radius 1 is 1.38 bits per heavy atom. The number of carbonyl (C=O) groups excluding carboxylic acids is 1. The van der Waals surface area contributed by atoms with Gasteiger partial charge in [-0.2, -0.15) is 0 Å². The number of rotatable bonds is 4. The Balaban J connectivity index is 2.73. The average molecular weight is 228 g/mol. The lowest BCUT2D eigenvalue weighted by Crippen LogP contribution is -2.29. The summed E-state index contributed by atoms with van der Waals surface area (Å²) < 4.78 is 17.1. The van der Waals surface area contributed by atoms with Gasteiger partial charge in [-0.15, -0.1) is 0 Å². The van der Waals surface area contributed by atoms with Gasteiger partial charge in [-0.05, 0) is 24.6 Å². The Hall–Kier alpha value is -1.46. The van der Waals surface area contributed by atoms with Crippen molar-refractivity contribution in [2.75, 3.05) is 6.61 Å². The van der Waals surface area contributed by atoms with E-state index in [-0.39, 0.29) is 12.2 Å². The molecule has 0 aromatic heterocycles. The quantitative estimate of drug-likeness (QED) is 0.747. The van der Waals surface area contributed by atoms with Crippen LogP contribution in [0.3, 0.4) is 0 Å². The Kier molecular flexibility index (Phi) is 4.39. The lowest BCUT2D eigenvalue weighted by Gasteiger charge is -2.16. The van der Waals surface area contributed by atoms with Crippen LogP contribution in [0.25, 0.3) is 0 Å². The molecule has 88 valence electrons. The Morgan fingerprint density at radius 3 is 2.44 bits per heavy atom. The second-order valence-electron chi connectivity index (χ2n) is 3.19. The molecule has 0 saturated carbocycles. The van der Waals surface area contributed by atoms with Gasteiger partial charge in [0, 0.05) is 0 Å². The summed E-state index contributed by atoms with van der Waals surface area (Å²) in [7, 11) is 0. The van der Waals surface area contributed by atoms with Crippen molar-refractivity contribution in [2.45, 2.75) is 19.1 Å². The summed E-state index contributed by atoms with van der Waals surface area (Å²) in [5, 5.41) is 19.0. The van der Waals surface area contributed by atoms with Crippen LogP contribution in [0.1, 0.15) is 18.6 Å². The number of aliphatic hydroxyl groups is 2. The lowest BCUT2D eigenvalue weighted by atomic mass is 10.0. The second kappa shape index (κ2) is 5.58. The molecule has 0 radical (unpaired) electrons. The van der Waals surface area contributed by atoms with Crippen molar-refractivity contribution in [3.63, 3.8) is 0 Å². The van der Waals surface area contributed by atoms with Gasteiger partial charge in [0.15, 0.2) is 6.10 Å². The van der Waals surface area contributed by atoms with E-state index in [1.54, 1.807) is 6.92 Å². The Bertz CT molecular complexity index is 350. The van der Waals surface area contributed by atoms with Gasteiger partial charge in [-0.3, -0.25) is 0 Å². The van der Waals surface area contributed by atoms with Gasteiger partial charge >= 0.3 is 5.97 Å². The average Bonchev–Trinajstić information content (AvgIpc) is 2.28. The summed E-state index contributed by atoms with van der Waals surface area (Å²) in [5.74, 6) is -1.36. The fourth-order valence-electron chi connectivity index (χ4n) is 1.20. The first-order valence-electron chi connectivity index (χ1n) is 4.84. The maximum absolute atomic E-state index is 12.6. The summed E-state index contributed by atoms with van der Waals surface area (Å²) in [6.45, 7) is 1.71. The van der Waals surface area contributed by atoms with Crippen molar-refractivity contribution in [2.24, 2.45) is 0 Å². The molecule has 0 amide bonds. The van der Waals surface area contributed by atoms with E-state index in [0.29, 0.717) is 0 Å². The van der Waals surface area contributed by atoms with Crippen LogP contribution in [0.2, 0.25) is 0 Å². The predicted octanol–water partition coefficient (Wildman–Crippen LogP) is 0.783. The van der Waals surface area contributed by atoms with E-state index in [1.807, 2.05) is 0 Å². The van der Waals surface area contributed by atoms with Crippen LogP contribution in [0.5, 0.6) is 0 Å². The van der Waals surface area contributed by atoms with Crippen molar-refractivity contribution in [3.8, 4) is 0 Å². The smallest absolute Gasteiger partial charge is 0.338 e. The SMILES string of the molecule is CCOC(=O)C(O)C(O)c1ccc(F)cc1. The molecule has 1 rings (SSSR count). The molecule has 16 heavy (non-hydrogen) atoms. The molecule has 2 unspecified atom stereocenters. The molecule has 2 N–H and O–H groups in total. The van der Waals surface area contributed by atoms with E-state index in [4.69, 9.17) is 0 Å². The van der Waals surface area contributed by atoms with Gasteiger partial charge in [0.25, 0.3) is 0 Å². The van der Waals surface area contributed by atoms with Crippen LogP contribution in [0.15, 0.2) is 24.3 Å². The highest BCUT2D eigenvalue weighted by atomic mass is 19.1. The molecule has 4 nitrogen and oxygen atoms in total. The zero-order chi connectivity index (χ0) is 12.1. The number of ether oxygens (including phenoxy) is 1. The third-order valence-corrected chi connectivity index (χ3v) is 2.04. The van der Waals surface area contributed by atoms with Crippen molar-refractivity contribution < 1.29 is 24.1 Å². The van der Waals surface area contributed by atoms with Crippen molar-refractivity contribution >= 4 is 5.97 Å². The summed E-state index contributed by atoms with van der Waals surface area (Å²) in [6.07, 6.45) is -3.08. The largest absolute Gasteiger partial charge is 0.464 e. The molecular weight excluding hydrogens is 215 g/mol. The monoisotopic (exact) mass is 228 g/mol. The van der Waals surface area contributed by atoms with Gasteiger partial charge < -0.3 is 14.9 Å². The fraction of sp³-hybridized carbons (Fsp3) is 0.364. The first-order chi connectivity index (χ1) is 7.56. The van der Waals surface area contributed by atoms with E-state index in [0.717, 1.165) is 12.1 Å². The Morgan fingerprint density at radius 2 is 1.94 bits per heavy atom. The highest BCUT2D eigenvalue weighted by Crippen LogP contribution is 2.18. The third-order valence-electron chi connectivity index (χ3n) is 2.04. The highest BCUT2D eigenvalue weighted by molar-refractivity contribution is 5.75. The van der Waals surface area contributed by atoms with E-state index in [1.165, 1.54) is 12.1 Å². The molecule has 0 bridgehead atoms. The first-order valence-corrected chi connectivity index (χ1v) is 4.84. The molecular formula is C11H13FO4. The zero-order valence-corrected chi connectivity index (χ0v) is 8.76. The number of esters is 1. The summed E-state index contributed by atoms with van der Waals surface area (Å²) in [6, 6.07) is 4.86.